The van der Waals surface area contributed by atoms with E-state index in [2.05, 4.69) is 17.1 Å². The Bertz CT molecular complexity index is 392. The van der Waals surface area contributed by atoms with Crippen molar-refractivity contribution < 1.29 is 4.79 Å². The third-order valence-corrected chi connectivity index (χ3v) is 6.48. The fraction of sp³-hybridized carbons (Fsp3) is 0.941. The van der Waals surface area contributed by atoms with Crippen molar-refractivity contribution in [1.82, 2.24) is 10.2 Å². The number of carbonyl (C=O) groups is 1. The van der Waals surface area contributed by atoms with Gasteiger partial charge in [0.15, 0.2) is 0 Å². The van der Waals surface area contributed by atoms with Crippen LogP contribution in [0.5, 0.6) is 0 Å². The van der Waals surface area contributed by atoms with Crippen LogP contribution in [-0.2, 0) is 4.79 Å². The van der Waals surface area contributed by atoms with Gasteiger partial charge in [-0.1, -0.05) is 25.7 Å². The molecular formula is C17H28N2O. The Balaban J connectivity index is 1.57. The summed E-state index contributed by atoms with van der Waals surface area (Å²) in [6.07, 6.45) is 13.2. The lowest BCUT2D eigenvalue weighted by Crippen LogP contribution is -2.49. The van der Waals surface area contributed by atoms with Crippen LogP contribution in [-0.4, -0.2) is 28.6 Å². The van der Waals surface area contributed by atoms with Crippen LogP contribution in [0, 0.1) is 11.8 Å². The molecule has 4 fully saturated rings. The molecule has 3 nitrogen and oxygen atoms in total. The highest BCUT2D eigenvalue weighted by molar-refractivity contribution is 5.92. The van der Waals surface area contributed by atoms with Gasteiger partial charge >= 0.3 is 0 Å². The van der Waals surface area contributed by atoms with Crippen molar-refractivity contribution in [1.29, 1.82) is 0 Å². The van der Waals surface area contributed by atoms with Crippen LogP contribution in [0.2, 0.25) is 0 Å². The molecule has 0 bridgehead atoms. The zero-order chi connectivity index (χ0) is 13.7. The molecule has 0 aromatic rings. The average Bonchev–Trinajstić information content (AvgIpc) is 2.92. The normalized spacial score (nSPS) is 35.4. The molecule has 0 aromatic heterocycles. The van der Waals surface area contributed by atoms with Gasteiger partial charge in [0.2, 0.25) is 5.91 Å². The van der Waals surface area contributed by atoms with E-state index < -0.39 is 0 Å². The molecule has 4 rings (SSSR count). The SMILES string of the molecule is CC(C1CCCC1)N1C(=O)C2(CC2)NC1C1CCCC1. The predicted molar refractivity (Wildman–Crippen MR) is 79.1 cm³/mol. The molecule has 3 saturated carbocycles. The van der Waals surface area contributed by atoms with Crippen LogP contribution in [0.25, 0.3) is 0 Å². The second-order valence-corrected chi connectivity index (χ2v) is 7.71. The van der Waals surface area contributed by atoms with Gasteiger partial charge in [0, 0.05) is 6.04 Å². The van der Waals surface area contributed by atoms with Crippen LogP contribution in [0.15, 0.2) is 0 Å². The van der Waals surface area contributed by atoms with Crippen molar-refractivity contribution in [2.45, 2.75) is 88.9 Å². The van der Waals surface area contributed by atoms with Crippen molar-refractivity contribution in [2.75, 3.05) is 0 Å². The first-order chi connectivity index (χ1) is 9.71. The molecule has 1 saturated heterocycles. The number of carbonyl (C=O) groups excluding carboxylic acids is 1. The summed E-state index contributed by atoms with van der Waals surface area (Å²) in [5.74, 6) is 1.90. The molecule has 1 aliphatic heterocycles. The van der Waals surface area contributed by atoms with E-state index in [1.165, 1.54) is 51.4 Å². The van der Waals surface area contributed by atoms with Crippen molar-refractivity contribution >= 4 is 5.91 Å². The van der Waals surface area contributed by atoms with Gasteiger partial charge < -0.3 is 4.90 Å². The fourth-order valence-electron chi connectivity index (χ4n) is 4.99. The third kappa shape index (κ3) is 1.93. The van der Waals surface area contributed by atoms with Gasteiger partial charge in [0.05, 0.1) is 11.7 Å². The fourth-order valence-corrected chi connectivity index (χ4v) is 4.99. The minimum Gasteiger partial charge on any atom is -0.322 e. The standard InChI is InChI=1S/C17H28N2O/c1-12(13-6-2-3-7-13)19-15(14-8-4-5-9-14)18-17(10-11-17)16(19)20/h12-15,18H,2-11H2,1H3. The van der Waals surface area contributed by atoms with E-state index in [9.17, 15) is 4.79 Å². The Kier molecular flexibility index (Phi) is 3.10. The van der Waals surface area contributed by atoms with E-state index in [1.54, 1.807) is 0 Å². The monoisotopic (exact) mass is 276 g/mol. The van der Waals surface area contributed by atoms with Crippen molar-refractivity contribution in [3.05, 3.63) is 0 Å². The summed E-state index contributed by atoms with van der Waals surface area (Å²) in [4.78, 5) is 15.2. The molecule has 3 aliphatic carbocycles. The molecule has 112 valence electrons. The smallest absolute Gasteiger partial charge is 0.244 e. The number of rotatable bonds is 3. The lowest BCUT2D eigenvalue weighted by Gasteiger charge is -2.36. The Morgan fingerprint density at radius 3 is 2.30 bits per heavy atom. The molecule has 1 spiro atoms. The molecule has 3 heteroatoms. The summed E-state index contributed by atoms with van der Waals surface area (Å²) in [5.41, 5.74) is -0.125. The molecule has 2 atom stereocenters. The molecule has 0 radical (unpaired) electrons. The van der Waals surface area contributed by atoms with Crippen LogP contribution in [0.1, 0.15) is 71.1 Å². The summed E-state index contributed by atoms with van der Waals surface area (Å²) in [5, 5.41) is 3.76. The zero-order valence-electron chi connectivity index (χ0n) is 12.7. The number of amides is 1. The lowest BCUT2D eigenvalue weighted by atomic mass is 9.95. The van der Waals surface area contributed by atoms with Gasteiger partial charge in [0.25, 0.3) is 0 Å². The maximum Gasteiger partial charge on any atom is 0.244 e. The molecule has 1 heterocycles. The largest absolute Gasteiger partial charge is 0.322 e. The van der Waals surface area contributed by atoms with Crippen LogP contribution in [0.4, 0.5) is 0 Å². The maximum absolute atomic E-state index is 12.9. The van der Waals surface area contributed by atoms with E-state index in [1.807, 2.05) is 0 Å². The van der Waals surface area contributed by atoms with E-state index >= 15 is 0 Å². The quantitative estimate of drug-likeness (QED) is 0.859. The number of nitrogens with one attached hydrogen (secondary N) is 1. The Hall–Kier alpha value is -0.570. The first-order valence-electron chi connectivity index (χ1n) is 8.82. The van der Waals surface area contributed by atoms with E-state index in [0.29, 0.717) is 24.0 Å². The van der Waals surface area contributed by atoms with Gasteiger partial charge in [0.1, 0.15) is 0 Å². The van der Waals surface area contributed by atoms with Gasteiger partial charge in [-0.2, -0.15) is 0 Å². The van der Waals surface area contributed by atoms with Gasteiger partial charge in [-0.25, -0.2) is 0 Å². The van der Waals surface area contributed by atoms with Crippen LogP contribution >= 0.6 is 0 Å². The average molecular weight is 276 g/mol. The molecule has 20 heavy (non-hydrogen) atoms. The molecule has 4 aliphatic rings. The zero-order valence-corrected chi connectivity index (χ0v) is 12.7. The van der Waals surface area contributed by atoms with Gasteiger partial charge in [-0.3, -0.25) is 10.1 Å². The molecule has 1 amide bonds. The minimum atomic E-state index is -0.125. The van der Waals surface area contributed by atoms with Gasteiger partial charge in [-0.05, 0) is 57.3 Å². The van der Waals surface area contributed by atoms with E-state index in [0.717, 1.165) is 18.8 Å². The summed E-state index contributed by atoms with van der Waals surface area (Å²) < 4.78 is 0. The predicted octanol–water partition coefficient (Wildman–Crippen LogP) is 3.05. The Morgan fingerprint density at radius 1 is 1.10 bits per heavy atom. The Morgan fingerprint density at radius 2 is 1.70 bits per heavy atom. The summed E-state index contributed by atoms with van der Waals surface area (Å²) in [6, 6.07) is 0.447. The van der Waals surface area contributed by atoms with Crippen molar-refractivity contribution in [2.24, 2.45) is 11.8 Å². The summed E-state index contributed by atoms with van der Waals surface area (Å²) >= 11 is 0. The number of hydrogen-bond donors (Lipinski definition) is 1. The lowest BCUT2D eigenvalue weighted by molar-refractivity contribution is -0.134. The highest BCUT2D eigenvalue weighted by atomic mass is 16.2. The molecule has 0 aromatic carbocycles. The maximum atomic E-state index is 12.9. The van der Waals surface area contributed by atoms with Crippen LogP contribution in [0.3, 0.4) is 0 Å². The van der Waals surface area contributed by atoms with Crippen LogP contribution < -0.4 is 5.32 Å². The van der Waals surface area contributed by atoms with Crippen molar-refractivity contribution in [3.8, 4) is 0 Å². The molecular weight excluding hydrogens is 248 g/mol. The minimum absolute atomic E-state index is 0.125. The highest BCUT2D eigenvalue weighted by Gasteiger charge is 2.61. The number of nitrogens with zero attached hydrogens (tertiary/aromatic N) is 1. The number of hydrogen-bond acceptors (Lipinski definition) is 2. The first kappa shape index (κ1) is 13.1. The summed E-state index contributed by atoms with van der Waals surface area (Å²) in [7, 11) is 0. The Labute approximate surface area is 122 Å². The highest BCUT2D eigenvalue weighted by Crippen LogP contribution is 2.47. The van der Waals surface area contributed by atoms with E-state index in [-0.39, 0.29) is 5.54 Å². The topological polar surface area (TPSA) is 32.3 Å². The molecule has 1 N–H and O–H groups in total. The second-order valence-electron chi connectivity index (χ2n) is 7.71. The van der Waals surface area contributed by atoms with Gasteiger partial charge in [-0.15, -0.1) is 0 Å². The molecule has 2 unspecified atom stereocenters. The first-order valence-corrected chi connectivity index (χ1v) is 8.82. The van der Waals surface area contributed by atoms with Crippen molar-refractivity contribution in [3.63, 3.8) is 0 Å². The summed E-state index contributed by atoms with van der Waals surface area (Å²) in [6.45, 7) is 2.32. The van der Waals surface area contributed by atoms with E-state index in [4.69, 9.17) is 0 Å². The third-order valence-electron chi connectivity index (χ3n) is 6.48. The second kappa shape index (κ2) is 4.72.